The van der Waals surface area contributed by atoms with Crippen molar-refractivity contribution in [1.29, 1.82) is 0 Å². The molecule has 1 N–H and O–H groups in total. The second-order valence-electron chi connectivity index (χ2n) is 2.87. The average molecular weight is 255 g/mol. The van der Waals surface area contributed by atoms with Crippen LogP contribution >= 0.6 is 0 Å². The van der Waals surface area contributed by atoms with E-state index < -0.39 is 37.5 Å². The summed E-state index contributed by atoms with van der Waals surface area (Å²) >= 11 is 0. The highest BCUT2D eigenvalue weighted by molar-refractivity contribution is 5.49. The summed E-state index contributed by atoms with van der Waals surface area (Å²) in [7, 11) is 0. The van der Waals surface area contributed by atoms with Crippen LogP contribution < -0.4 is 5.32 Å². The fourth-order valence-electron chi connectivity index (χ4n) is 0.713. The van der Waals surface area contributed by atoms with Gasteiger partial charge in [0.2, 0.25) is 0 Å². The third kappa shape index (κ3) is 2.83. The SMILES string of the molecule is O=CCCNC(F)(F)C(F)(F)C(F)(F)CF. The van der Waals surface area contributed by atoms with E-state index in [-0.39, 0.29) is 6.29 Å². The van der Waals surface area contributed by atoms with Crippen LogP contribution in [-0.2, 0) is 4.79 Å². The lowest BCUT2D eigenvalue weighted by Crippen LogP contribution is -2.61. The van der Waals surface area contributed by atoms with Crippen LogP contribution in [0.5, 0.6) is 0 Å². The predicted molar refractivity (Wildman–Crippen MR) is 39.5 cm³/mol. The van der Waals surface area contributed by atoms with Crippen LogP contribution in [0.4, 0.5) is 30.7 Å². The number of aldehydes is 1. The number of carbonyl (C=O) groups excluding carboxylic acids is 1. The van der Waals surface area contributed by atoms with E-state index in [1.165, 1.54) is 0 Å². The third-order valence-corrected chi connectivity index (χ3v) is 1.63. The molecule has 0 saturated heterocycles. The van der Waals surface area contributed by atoms with Crippen LogP contribution in [0.1, 0.15) is 6.42 Å². The van der Waals surface area contributed by atoms with E-state index in [2.05, 4.69) is 0 Å². The van der Waals surface area contributed by atoms with Crippen LogP contribution in [-0.4, -0.2) is 37.4 Å². The molecule has 0 unspecified atom stereocenters. The van der Waals surface area contributed by atoms with Crippen molar-refractivity contribution in [2.75, 3.05) is 13.2 Å². The van der Waals surface area contributed by atoms with Crippen molar-refractivity contribution in [3.63, 3.8) is 0 Å². The number of rotatable bonds is 7. The van der Waals surface area contributed by atoms with Crippen molar-refractivity contribution in [1.82, 2.24) is 5.32 Å². The van der Waals surface area contributed by atoms with Gasteiger partial charge >= 0.3 is 17.9 Å². The number of hydrogen-bond acceptors (Lipinski definition) is 2. The number of carbonyl (C=O) groups is 1. The molecule has 0 bridgehead atoms. The summed E-state index contributed by atoms with van der Waals surface area (Å²) < 4.78 is 86.2. The van der Waals surface area contributed by atoms with Crippen LogP contribution in [0, 0.1) is 0 Å². The van der Waals surface area contributed by atoms with E-state index >= 15 is 0 Å². The van der Waals surface area contributed by atoms with Gasteiger partial charge in [-0.15, -0.1) is 0 Å². The van der Waals surface area contributed by atoms with Crippen LogP contribution in [0.2, 0.25) is 0 Å². The summed E-state index contributed by atoms with van der Waals surface area (Å²) in [6.45, 7) is -3.83. The van der Waals surface area contributed by atoms with E-state index in [9.17, 15) is 35.5 Å². The van der Waals surface area contributed by atoms with E-state index in [1.807, 2.05) is 0 Å². The van der Waals surface area contributed by atoms with Crippen molar-refractivity contribution in [2.45, 2.75) is 24.3 Å². The number of nitrogens with one attached hydrogen (secondary N) is 1. The standard InChI is InChI=1S/C7H8F7NO/c8-4-5(9,10)6(11,12)7(13,14)15-2-1-3-16/h3,15H,1-2,4H2. The summed E-state index contributed by atoms with van der Waals surface area (Å²) in [6, 6.07) is -5.30. The van der Waals surface area contributed by atoms with Crippen molar-refractivity contribution in [3.8, 4) is 0 Å². The quantitative estimate of drug-likeness (QED) is 0.326. The molecular weight excluding hydrogens is 247 g/mol. The summed E-state index contributed by atoms with van der Waals surface area (Å²) in [5, 5.41) is 0.779. The van der Waals surface area contributed by atoms with Gasteiger partial charge in [0, 0.05) is 13.0 Å². The zero-order valence-corrected chi connectivity index (χ0v) is 7.75. The maximum absolute atomic E-state index is 12.6. The minimum absolute atomic E-state index is 0.133. The molecule has 0 aliphatic heterocycles. The Balaban J connectivity index is 4.76. The van der Waals surface area contributed by atoms with Gasteiger partial charge in [-0.25, -0.2) is 4.39 Å². The number of hydrogen-bond donors (Lipinski definition) is 1. The van der Waals surface area contributed by atoms with Crippen LogP contribution in [0.25, 0.3) is 0 Å². The molecule has 0 spiro atoms. The molecule has 9 heteroatoms. The fourth-order valence-corrected chi connectivity index (χ4v) is 0.713. The molecule has 0 amide bonds. The maximum atomic E-state index is 12.6. The molecule has 16 heavy (non-hydrogen) atoms. The van der Waals surface area contributed by atoms with Gasteiger partial charge in [0.05, 0.1) is 0 Å². The Hall–Kier alpha value is -0.860. The molecule has 0 fully saturated rings. The van der Waals surface area contributed by atoms with Gasteiger partial charge in [0.1, 0.15) is 6.29 Å². The average Bonchev–Trinajstić information content (AvgIpc) is 2.17. The molecule has 2 nitrogen and oxygen atoms in total. The minimum Gasteiger partial charge on any atom is -0.303 e. The molecule has 96 valence electrons. The van der Waals surface area contributed by atoms with E-state index in [0.717, 1.165) is 5.32 Å². The third-order valence-electron chi connectivity index (χ3n) is 1.63. The highest BCUT2D eigenvalue weighted by Gasteiger charge is 2.71. The first-order chi connectivity index (χ1) is 7.12. The van der Waals surface area contributed by atoms with Crippen LogP contribution in [0.15, 0.2) is 0 Å². The largest absolute Gasteiger partial charge is 0.388 e. The van der Waals surface area contributed by atoms with E-state index in [0.29, 0.717) is 0 Å². The first-order valence-electron chi connectivity index (χ1n) is 4.00. The monoisotopic (exact) mass is 255 g/mol. The van der Waals surface area contributed by atoms with E-state index in [4.69, 9.17) is 0 Å². The predicted octanol–water partition coefficient (Wildman–Crippen LogP) is 2.00. The second-order valence-corrected chi connectivity index (χ2v) is 2.87. The first-order valence-corrected chi connectivity index (χ1v) is 4.00. The van der Waals surface area contributed by atoms with Gasteiger partial charge in [0.15, 0.2) is 6.67 Å². The van der Waals surface area contributed by atoms with Gasteiger partial charge in [-0.05, 0) is 0 Å². The number of halogens is 7. The smallest absolute Gasteiger partial charge is 0.303 e. The fraction of sp³-hybridized carbons (Fsp3) is 0.857. The second kappa shape index (κ2) is 4.98. The summed E-state index contributed by atoms with van der Waals surface area (Å²) in [4.78, 5) is 9.71. The Morgan fingerprint density at radius 3 is 1.94 bits per heavy atom. The van der Waals surface area contributed by atoms with Gasteiger partial charge < -0.3 is 4.79 Å². The minimum atomic E-state index is -5.88. The lowest BCUT2D eigenvalue weighted by Gasteiger charge is -2.31. The summed E-state index contributed by atoms with van der Waals surface area (Å²) in [5.41, 5.74) is 0. The van der Waals surface area contributed by atoms with Gasteiger partial charge in [-0.1, -0.05) is 0 Å². The van der Waals surface area contributed by atoms with Crippen molar-refractivity contribution in [2.24, 2.45) is 0 Å². The lowest BCUT2D eigenvalue weighted by molar-refractivity contribution is -0.321. The van der Waals surface area contributed by atoms with Gasteiger partial charge in [-0.2, -0.15) is 26.3 Å². The first kappa shape index (κ1) is 15.1. The Kier molecular flexibility index (Phi) is 4.71. The summed E-state index contributed by atoms with van der Waals surface area (Å²) in [6.07, 6.45) is -0.429. The van der Waals surface area contributed by atoms with Gasteiger partial charge in [-0.3, -0.25) is 5.32 Å². The Labute approximate surface area is 85.8 Å². The molecule has 0 rings (SSSR count). The highest BCUT2D eigenvalue weighted by atomic mass is 19.3. The number of alkyl halides is 7. The van der Waals surface area contributed by atoms with Crippen molar-refractivity contribution in [3.05, 3.63) is 0 Å². The van der Waals surface area contributed by atoms with Gasteiger partial charge in [0.25, 0.3) is 0 Å². The molecule has 0 atom stereocenters. The topological polar surface area (TPSA) is 29.1 Å². The van der Waals surface area contributed by atoms with Crippen molar-refractivity contribution < 1.29 is 35.5 Å². The zero-order valence-electron chi connectivity index (χ0n) is 7.75. The molecular formula is C7H8F7NO. The zero-order chi connectivity index (χ0) is 13.0. The summed E-state index contributed by atoms with van der Waals surface area (Å²) in [5.74, 6) is -11.4. The Bertz CT molecular complexity index is 243. The molecule has 0 aromatic rings. The maximum Gasteiger partial charge on any atom is 0.388 e. The Morgan fingerprint density at radius 1 is 1.06 bits per heavy atom. The molecule has 0 aliphatic rings. The molecule has 0 radical (unpaired) electrons. The van der Waals surface area contributed by atoms with Crippen LogP contribution in [0.3, 0.4) is 0 Å². The Morgan fingerprint density at radius 2 is 1.56 bits per heavy atom. The molecule has 0 aromatic carbocycles. The molecule has 0 aromatic heterocycles. The van der Waals surface area contributed by atoms with E-state index in [1.54, 1.807) is 0 Å². The lowest BCUT2D eigenvalue weighted by atomic mass is 10.1. The molecule has 0 heterocycles. The molecule has 0 saturated carbocycles. The normalized spacial score (nSPS) is 13.9. The van der Waals surface area contributed by atoms with Crippen molar-refractivity contribution >= 4 is 6.29 Å². The highest BCUT2D eigenvalue weighted by Crippen LogP contribution is 2.44. The molecule has 0 aliphatic carbocycles.